The molecule has 10 heteroatoms. The number of anilines is 2. The normalized spacial score (nSPS) is 11.2. The summed E-state index contributed by atoms with van der Waals surface area (Å²) in [6, 6.07) is 21.5. The molecule has 4 aromatic rings. The number of amides is 1. The van der Waals surface area contributed by atoms with E-state index in [9.17, 15) is 23.3 Å². The standard InChI is InChI=1S/C27H25N3O6S/c1-18-11-14-26(36-3)25(15-18)29(37(34,35)21-13-12-19(2)24(16-21)30(32)33)17-27(31)28-23-10-6-8-20-7-4-5-9-22(20)23/h4-16H,17H2,1-3H3,(H,28,31). The lowest BCUT2D eigenvalue weighted by atomic mass is 10.1. The van der Waals surface area contributed by atoms with Gasteiger partial charge in [-0.2, -0.15) is 0 Å². The summed E-state index contributed by atoms with van der Waals surface area (Å²) in [4.78, 5) is 23.8. The Balaban J connectivity index is 1.79. The molecule has 0 bridgehead atoms. The Morgan fingerprint density at radius 2 is 1.73 bits per heavy atom. The third kappa shape index (κ3) is 5.24. The van der Waals surface area contributed by atoms with E-state index in [-0.39, 0.29) is 22.0 Å². The zero-order chi connectivity index (χ0) is 26.7. The molecule has 37 heavy (non-hydrogen) atoms. The molecule has 0 aliphatic heterocycles. The number of nitro groups is 1. The van der Waals surface area contributed by atoms with Crippen LogP contribution in [0, 0.1) is 24.0 Å². The second-order valence-electron chi connectivity index (χ2n) is 8.47. The minimum Gasteiger partial charge on any atom is -0.495 e. The Bertz CT molecular complexity index is 1610. The molecular weight excluding hydrogens is 494 g/mol. The third-order valence-electron chi connectivity index (χ3n) is 5.92. The van der Waals surface area contributed by atoms with E-state index in [1.165, 1.54) is 26.2 Å². The number of carbonyl (C=O) groups excluding carboxylic acids is 1. The van der Waals surface area contributed by atoms with Crippen LogP contribution in [-0.2, 0) is 14.8 Å². The highest BCUT2D eigenvalue weighted by atomic mass is 32.2. The van der Waals surface area contributed by atoms with Crippen molar-refractivity contribution in [2.45, 2.75) is 18.7 Å². The molecule has 0 heterocycles. The van der Waals surface area contributed by atoms with E-state index in [4.69, 9.17) is 4.74 Å². The maximum absolute atomic E-state index is 13.9. The molecule has 0 aliphatic rings. The summed E-state index contributed by atoms with van der Waals surface area (Å²) in [5.74, 6) is -0.362. The number of hydrogen-bond acceptors (Lipinski definition) is 6. The van der Waals surface area contributed by atoms with Crippen LogP contribution in [0.2, 0.25) is 0 Å². The second-order valence-corrected chi connectivity index (χ2v) is 10.3. The number of hydrogen-bond donors (Lipinski definition) is 1. The Morgan fingerprint density at radius 1 is 1.00 bits per heavy atom. The highest BCUT2D eigenvalue weighted by molar-refractivity contribution is 7.92. The fraction of sp³-hybridized carbons (Fsp3) is 0.148. The van der Waals surface area contributed by atoms with E-state index in [0.717, 1.165) is 26.7 Å². The van der Waals surface area contributed by atoms with E-state index in [0.29, 0.717) is 11.3 Å². The molecule has 4 aromatic carbocycles. The fourth-order valence-electron chi connectivity index (χ4n) is 4.02. The summed E-state index contributed by atoms with van der Waals surface area (Å²) in [6.07, 6.45) is 0. The molecule has 0 spiro atoms. The van der Waals surface area contributed by atoms with Crippen molar-refractivity contribution in [1.82, 2.24) is 0 Å². The average Bonchev–Trinajstić information content (AvgIpc) is 2.87. The summed E-state index contributed by atoms with van der Waals surface area (Å²) in [5, 5.41) is 16.0. The molecule has 0 saturated heterocycles. The van der Waals surface area contributed by atoms with Crippen molar-refractivity contribution in [2.75, 3.05) is 23.3 Å². The number of nitrogens with one attached hydrogen (secondary N) is 1. The van der Waals surface area contributed by atoms with Gasteiger partial charge >= 0.3 is 0 Å². The lowest BCUT2D eigenvalue weighted by molar-refractivity contribution is -0.385. The molecule has 4 rings (SSSR count). The van der Waals surface area contributed by atoms with Gasteiger partial charge in [0.25, 0.3) is 15.7 Å². The third-order valence-corrected chi connectivity index (χ3v) is 7.68. The molecule has 0 radical (unpaired) electrons. The molecule has 0 atom stereocenters. The van der Waals surface area contributed by atoms with E-state index >= 15 is 0 Å². The van der Waals surface area contributed by atoms with Gasteiger partial charge in [0, 0.05) is 22.7 Å². The Morgan fingerprint density at radius 3 is 2.46 bits per heavy atom. The minimum absolute atomic E-state index is 0.138. The van der Waals surface area contributed by atoms with Crippen LogP contribution >= 0.6 is 0 Å². The lowest BCUT2D eigenvalue weighted by Crippen LogP contribution is -2.38. The monoisotopic (exact) mass is 519 g/mol. The smallest absolute Gasteiger partial charge is 0.273 e. The number of rotatable bonds is 8. The number of ether oxygens (including phenoxy) is 1. The number of sulfonamides is 1. The van der Waals surface area contributed by atoms with Crippen molar-refractivity contribution in [1.29, 1.82) is 0 Å². The van der Waals surface area contributed by atoms with Gasteiger partial charge in [-0.15, -0.1) is 0 Å². The van der Waals surface area contributed by atoms with Crippen LogP contribution in [-0.4, -0.2) is 32.9 Å². The first kappa shape index (κ1) is 25.6. The lowest BCUT2D eigenvalue weighted by Gasteiger charge is -2.26. The molecule has 0 saturated carbocycles. The Kier molecular flexibility index (Phi) is 7.12. The van der Waals surface area contributed by atoms with Gasteiger partial charge in [0.1, 0.15) is 12.3 Å². The topological polar surface area (TPSA) is 119 Å². The Labute approximate surface area is 214 Å². The molecule has 0 aromatic heterocycles. The molecule has 1 N–H and O–H groups in total. The van der Waals surface area contributed by atoms with Crippen LogP contribution in [0.4, 0.5) is 17.1 Å². The van der Waals surface area contributed by atoms with Crippen molar-refractivity contribution < 1.29 is 22.9 Å². The first-order valence-corrected chi connectivity index (χ1v) is 12.8. The predicted octanol–water partition coefficient (Wildman–Crippen LogP) is 5.21. The van der Waals surface area contributed by atoms with E-state index in [2.05, 4.69) is 5.32 Å². The number of benzene rings is 4. The molecule has 9 nitrogen and oxygen atoms in total. The highest BCUT2D eigenvalue weighted by Gasteiger charge is 2.31. The Hall–Kier alpha value is -4.44. The van der Waals surface area contributed by atoms with Crippen molar-refractivity contribution in [3.63, 3.8) is 0 Å². The van der Waals surface area contributed by atoms with Crippen molar-refractivity contribution >= 4 is 43.8 Å². The maximum atomic E-state index is 13.9. The van der Waals surface area contributed by atoms with Gasteiger partial charge in [0.15, 0.2) is 0 Å². The summed E-state index contributed by atoms with van der Waals surface area (Å²) in [7, 11) is -3.02. The predicted molar refractivity (Wildman–Crippen MR) is 143 cm³/mol. The molecular formula is C27H25N3O6S. The molecule has 0 aliphatic carbocycles. The van der Waals surface area contributed by atoms with Gasteiger partial charge in [0.05, 0.1) is 22.6 Å². The number of carbonyl (C=O) groups is 1. The number of methoxy groups -OCH3 is 1. The first-order valence-electron chi connectivity index (χ1n) is 11.3. The average molecular weight is 520 g/mol. The van der Waals surface area contributed by atoms with Crippen LogP contribution in [0.15, 0.2) is 83.8 Å². The van der Waals surface area contributed by atoms with E-state index in [1.807, 2.05) is 30.3 Å². The number of nitrogens with zero attached hydrogens (tertiary/aromatic N) is 2. The van der Waals surface area contributed by atoms with Gasteiger partial charge in [-0.3, -0.25) is 19.2 Å². The number of aryl methyl sites for hydroxylation is 2. The first-order chi connectivity index (χ1) is 17.6. The van der Waals surface area contributed by atoms with Crippen LogP contribution in [0.3, 0.4) is 0 Å². The maximum Gasteiger partial charge on any atom is 0.273 e. The van der Waals surface area contributed by atoms with Crippen molar-refractivity contribution in [2.24, 2.45) is 0 Å². The van der Waals surface area contributed by atoms with E-state index < -0.39 is 27.4 Å². The fourth-order valence-corrected chi connectivity index (χ4v) is 5.47. The van der Waals surface area contributed by atoms with Crippen molar-refractivity contribution in [3.05, 3.63) is 100 Å². The SMILES string of the molecule is COc1ccc(C)cc1N(CC(=O)Nc1cccc2ccccc12)S(=O)(=O)c1ccc(C)c([N+](=O)[O-])c1. The summed E-state index contributed by atoms with van der Waals surface area (Å²) >= 11 is 0. The van der Waals surface area contributed by atoms with Gasteiger partial charge in [-0.25, -0.2) is 8.42 Å². The van der Waals surface area contributed by atoms with Gasteiger partial charge in [-0.1, -0.05) is 48.5 Å². The molecule has 190 valence electrons. The number of nitro benzene ring substituents is 1. The van der Waals surface area contributed by atoms with Crippen molar-refractivity contribution in [3.8, 4) is 5.75 Å². The number of fused-ring (bicyclic) bond motifs is 1. The van der Waals surface area contributed by atoms with Gasteiger partial charge in [0.2, 0.25) is 5.91 Å². The van der Waals surface area contributed by atoms with E-state index in [1.54, 1.807) is 37.3 Å². The summed E-state index contributed by atoms with van der Waals surface area (Å²) < 4.78 is 34.0. The van der Waals surface area contributed by atoms with Gasteiger partial charge < -0.3 is 10.1 Å². The zero-order valence-corrected chi connectivity index (χ0v) is 21.3. The van der Waals surface area contributed by atoms with Gasteiger partial charge in [-0.05, 0) is 49.1 Å². The minimum atomic E-state index is -4.42. The molecule has 0 unspecified atom stereocenters. The molecule has 1 amide bonds. The van der Waals surface area contributed by atoms with Crippen LogP contribution in [0.5, 0.6) is 5.75 Å². The second kappa shape index (κ2) is 10.3. The van der Waals surface area contributed by atoms with Crippen LogP contribution in [0.1, 0.15) is 11.1 Å². The van der Waals surface area contributed by atoms with Crippen LogP contribution < -0.4 is 14.4 Å². The van der Waals surface area contributed by atoms with Crippen LogP contribution in [0.25, 0.3) is 10.8 Å². The molecule has 0 fully saturated rings. The quantitative estimate of drug-likeness (QED) is 0.252. The summed E-state index contributed by atoms with van der Waals surface area (Å²) in [5.41, 5.74) is 1.39. The largest absolute Gasteiger partial charge is 0.495 e. The zero-order valence-electron chi connectivity index (χ0n) is 20.5. The summed E-state index contributed by atoms with van der Waals surface area (Å²) in [6.45, 7) is 2.71. The highest BCUT2D eigenvalue weighted by Crippen LogP contribution is 2.35.